The van der Waals surface area contributed by atoms with Gasteiger partial charge in [-0.2, -0.15) is 11.8 Å². The molecule has 4 nitrogen and oxygen atoms in total. The third-order valence-electron chi connectivity index (χ3n) is 4.46. The lowest BCUT2D eigenvalue weighted by molar-refractivity contribution is -0.146. The van der Waals surface area contributed by atoms with Crippen LogP contribution in [0.4, 0.5) is 0 Å². The molecular weight excluding hydrogens is 262 g/mol. The monoisotopic (exact) mass is 285 g/mol. The largest absolute Gasteiger partial charge is 0.481 e. The number of thioether (sulfide) groups is 1. The molecule has 0 bridgehead atoms. The Bertz CT molecular complexity index is 342. The molecule has 1 aliphatic carbocycles. The summed E-state index contributed by atoms with van der Waals surface area (Å²) >= 11 is 1.92. The Kier molecular flexibility index (Phi) is 5.13. The zero-order valence-electron chi connectivity index (χ0n) is 11.4. The smallest absolute Gasteiger partial charge is 0.307 e. The third kappa shape index (κ3) is 3.65. The van der Waals surface area contributed by atoms with Crippen molar-refractivity contribution in [1.29, 1.82) is 0 Å². The van der Waals surface area contributed by atoms with Crippen LogP contribution < -0.4 is 5.32 Å². The van der Waals surface area contributed by atoms with Crippen molar-refractivity contribution in [3.8, 4) is 0 Å². The second-order valence-corrected chi connectivity index (χ2v) is 6.92. The Labute approximate surface area is 118 Å². The van der Waals surface area contributed by atoms with Gasteiger partial charge in [-0.3, -0.25) is 9.59 Å². The summed E-state index contributed by atoms with van der Waals surface area (Å²) in [5.74, 6) is 0.930. The fourth-order valence-electron chi connectivity index (χ4n) is 3.19. The van der Waals surface area contributed by atoms with Gasteiger partial charge in [-0.15, -0.1) is 0 Å². The molecule has 5 heteroatoms. The minimum atomic E-state index is -0.810. The molecule has 0 aromatic rings. The van der Waals surface area contributed by atoms with Crippen molar-refractivity contribution in [3.05, 3.63) is 0 Å². The highest BCUT2D eigenvalue weighted by atomic mass is 32.2. The van der Waals surface area contributed by atoms with Crippen LogP contribution >= 0.6 is 11.8 Å². The minimum Gasteiger partial charge on any atom is -0.481 e. The van der Waals surface area contributed by atoms with E-state index in [0.29, 0.717) is 12.3 Å². The predicted octanol–water partition coefficient (Wildman–Crippen LogP) is 2.14. The van der Waals surface area contributed by atoms with E-state index in [-0.39, 0.29) is 17.9 Å². The molecule has 0 radical (unpaired) electrons. The van der Waals surface area contributed by atoms with Crippen molar-refractivity contribution < 1.29 is 14.7 Å². The third-order valence-corrected chi connectivity index (χ3v) is 5.51. The van der Waals surface area contributed by atoms with E-state index in [0.717, 1.165) is 37.2 Å². The number of hydrogen-bond acceptors (Lipinski definition) is 3. The Hall–Kier alpha value is -0.710. The maximum atomic E-state index is 12.3. The Morgan fingerprint density at radius 2 is 1.84 bits per heavy atom. The van der Waals surface area contributed by atoms with Gasteiger partial charge in [-0.1, -0.05) is 13.3 Å². The molecule has 1 heterocycles. The van der Waals surface area contributed by atoms with Crippen molar-refractivity contribution in [2.24, 2.45) is 17.8 Å². The highest BCUT2D eigenvalue weighted by Crippen LogP contribution is 2.38. The van der Waals surface area contributed by atoms with Gasteiger partial charge in [0, 0.05) is 6.04 Å². The maximum absolute atomic E-state index is 12.3. The first-order valence-electron chi connectivity index (χ1n) is 7.22. The molecule has 2 fully saturated rings. The number of carboxylic acid groups (broad SMARTS) is 1. The molecule has 2 rings (SSSR count). The van der Waals surface area contributed by atoms with Crippen molar-refractivity contribution in [2.75, 3.05) is 11.5 Å². The van der Waals surface area contributed by atoms with E-state index in [1.54, 1.807) is 0 Å². The second kappa shape index (κ2) is 6.64. The second-order valence-electron chi connectivity index (χ2n) is 5.69. The van der Waals surface area contributed by atoms with Gasteiger partial charge in [0.25, 0.3) is 0 Å². The van der Waals surface area contributed by atoms with E-state index in [4.69, 9.17) is 0 Å². The summed E-state index contributed by atoms with van der Waals surface area (Å²) in [4.78, 5) is 23.6. The van der Waals surface area contributed by atoms with E-state index in [1.807, 2.05) is 11.8 Å². The summed E-state index contributed by atoms with van der Waals surface area (Å²) in [6.45, 7) is 2.07. The van der Waals surface area contributed by atoms with E-state index in [1.165, 1.54) is 0 Å². The van der Waals surface area contributed by atoms with Gasteiger partial charge in [-0.05, 0) is 43.1 Å². The van der Waals surface area contributed by atoms with Crippen LogP contribution in [-0.2, 0) is 9.59 Å². The number of carbonyl (C=O) groups excluding carboxylic acids is 1. The Morgan fingerprint density at radius 1 is 1.21 bits per heavy atom. The van der Waals surface area contributed by atoms with E-state index in [2.05, 4.69) is 12.2 Å². The topological polar surface area (TPSA) is 66.4 Å². The maximum Gasteiger partial charge on any atom is 0.307 e. The average molecular weight is 285 g/mol. The number of hydrogen-bond donors (Lipinski definition) is 2. The molecule has 1 amide bonds. The molecule has 19 heavy (non-hydrogen) atoms. The summed E-state index contributed by atoms with van der Waals surface area (Å²) in [5.41, 5.74) is 0. The fraction of sp³-hybridized carbons (Fsp3) is 0.857. The van der Waals surface area contributed by atoms with Crippen LogP contribution in [0, 0.1) is 17.8 Å². The van der Waals surface area contributed by atoms with Crippen LogP contribution in [0.15, 0.2) is 0 Å². The highest BCUT2D eigenvalue weighted by Gasteiger charge is 2.42. The number of carbonyl (C=O) groups is 2. The highest BCUT2D eigenvalue weighted by molar-refractivity contribution is 7.99. The zero-order chi connectivity index (χ0) is 13.8. The van der Waals surface area contributed by atoms with Gasteiger partial charge in [0.15, 0.2) is 0 Å². The predicted molar refractivity (Wildman–Crippen MR) is 76.1 cm³/mol. The normalized spacial score (nSPS) is 32.2. The van der Waals surface area contributed by atoms with Crippen molar-refractivity contribution in [2.45, 2.75) is 45.1 Å². The molecular formula is C14H23NO3S. The lowest BCUT2D eigenvalue weighted by Crippen LogP contribution is -2.42. The van der Waals surface area contributed by atoms with Gasteiger partial charge in [-0.25, -0.2) is 0 Å². The van der Waals surface area contributed by atoms with Crippen LogP contribution in [0.2, 0.25) is 0 Å². The minimum absolute atomic E-state index is 0.0275. The molecule has 3 atom stereocenters. The molecule has 108 valence electrons. The lowest BCUT2D eigenvalue weighted by atomic mass is 9.95. The lowest BCUT2D eigenvalue weighted by Gasteiger charge is -2.25. The molecule has 2 aliphatic rings. The number of nitrogens with one attached hydrogen (secondary N) is 1. The first-order chi connectivity index (χ1) is 9.11. The van der Waals surface area contributed by atoms with E-state index < -0.39 is 11.9 Å². The number of carboxylic acids is 1. The average Bonchev–Trinajstić information content (AvgIpc) is 2.84. The number of aliphatic carboxylic acids is 1. The SMILES string of the molecule is CCC1CC(C(=O)O)C(C(=O)NC2CCSCC2)C1. The first kappa shape index (κ1) is 14.7. The Balaban J connectivity index is 1.94. The summed E-state index contributed by atoms with van der Waals surface area (Å²) < 4.78 is 0. The summed E-state index contributed by atoms with van der Waals surface area (Å²) in [5, 5.41) is 12.3. The van der Waals surface area contributed by atoms with Crippen molar-refractivity contribution >= 4 is 23.6 Å². The molecule has 0 aromatic heterocycles. The van der Waals surface area contributed by atoms with E-state index in [9.17, 15) is 14.7 Å². The molecule has 0 spiro atoms. The summed E-state index contributed by atoms with van der Waals surface area (Å²) in [7, 11) is 0. The standard InChI is InChI=1S/C14H23NO3S/c1-2-9-7-11(12(8-9)14(17)18)13(16)15-10-3-5-19-6-4-10/h9-12H,2-8H2,1H3,(H,15,16)(H,17,18). The number of rotatable bonds is 4. The van der Waals surface area contributed by atoms with Crippen LogP contribution in [0.5, 0.6) is 0 Å². The van der Waals surface area contributed by atoms with Gasteiger partial charge in [0.1, 0.15) is 0 Å². The fourth-order valence-corrected chi connectivity index (χ4v) is 4.30. The quantitative estimate of drug-likeness (QED) is 0.830. The molecule has 0 aromatic carbocycles. The van der Waals surface area contributed by atoms with Crippen LogP contribution in [-0.4, -0.2) is 34.5 Å². The molecule has 1 saturated heterocycles. The van der Waals surface area contributed by atoms with Gasteiger partial charge >= 0.3 is 5.97 Å². The van der Waals surface area contributed by atoms with Crippen molar-refractivity contribution in [1.82, 2.24) is 5.32 Å². The van der Waals surface area contributed by atoms with Crippen LogP contribution in [0.25, 0.3) is 0 Å². The Morgan fingerprint density at radius 3 is 2.42 bits per heavy atom. The molecule has 3 unspecified atom stereocenters. The summed E-state index contributed by atoms with van der Waals surface area (Å²) in [6.07, 6.45) is 4.38. The zero-order valence-corrected chi connectivity index (χ0v) is 12.2. The molecule has 1 saturated carbocycles. The van der Waals surface area contributed by atoms with E-state index >= 15 is 0 Å². The van der Waals surface area contributed by atoms with Gasteiger partial charge in [0.05, 0.1) is 11.8 Å². The molecule has 2 N–H and O–H groups in total. The first-order valence-corrected chi connectivity index (χ1v) is 8.38. The van der Waals surface area contributed by atoms with Crippen molar-refractivity contribution in [3.63, 3.8) is 0 Å². The molecule has 1 aliphatic heterocycles. The number of amides is 1. The van der Waals surface area contributed by atoms with Gasteiger partial charge in [0.2, 0.25) is 5.91 Å². The van der Waals surface area contributed by atoms with Crippen LogP contribution in [0.3, 0.4) is 0 Å². The summed E-state index contributed by atoms with van der Waals surface area (Å²) in [6, 6.07) is 0.254. The van der Waals surface area contributed by atoms with Gasteiger partial charge < -0.3 is 10.4 Å². The van der Waals surface area contributed by atoms with Crippen LogP contribution in [0.1, 0.15) is 39.0 Å².